The van der Waals surface area contributed by atoms with E-state index < -0.39 is 0 Å². The molecule has 0 amide bonds. The molecule has 0 spiro atoms. The zero-order valence-electron chi connectivity index (χ0n) is 13.4. The molecule has 1 saturated heterocycles. The predicted octanol–water partition coefficient (Wildman–Crippen LogP) is 0.987. The summed E-state index contributed by atoms with van der Waals surface area (Å²) < 4.78 is 13.8. The average molecular weight is 330 g/mol. The van der Waals surface area contributed by atoms with Gasteiger partial charge in [0.15, 0.2) is 0 Å². The van der Waals surface area contributed by atoms with Crippen LogP contribution in [0.2, 0.25) is 0 Å². The Morgan fingerprint density at radius 3 is 2.61 bits per heavy atom. The maximum absolute atomic E-state index is 13.8. The highest BCUT2D eigenvalue weighted by molar-refractivity contribution is 7.99. The SMILES string of the molecule is C[NH+]1CC[NH+]([C@H]2Cc3ccccc3Sc3cc(F)ccc32)CC1. The van der Waals surface area contributed by atoms with Gasteiger partial charge in [0.25, 0.3) is 0 Å². The summed E-state index contributed by atoms with van der Waals surface area (Å²) in [6.45, 7) is 4.83. The van der Waals surface area contributed by atoms with Gasteiger partial charge in [0.2, 0.25) is 0 Å². The number of fused-ring (bicyclic) bond motifs is 2. The third kappa shape index (κ3) is 3.03. The van der Waals surface area contributed by atoms with Gasteiger partial charge >= 0.3 is 0 Å². The van der Waals surface area contributed by atoms with Crippen molar-refractivity contribution in [3.63, 3.8) is 0 Å². The van der Waals surface area contributed by atoms with Crippen molar-refractivity contribution in [3.8, 4) is 0 Å². The Balaban J connectivity index is 1.75. The zero-order chi connectivity index (χ0) is 15.8. The molecule has 0 aliphatic carbocycles. The molecule has 4 heteroatoms. The molecule has 2 N–H and O–H groups in total. The van der Waals surface area contributed by atoms with Crippen LogP contribution in [0.4, 0.5) is 4.39 Å². The monoisotopic (exact) mass is 330 g/mol. The fourth-order valence-corrected chi connectivity index (χ4v) is 4.98. The lowest BCUT2D eigenvalue weighted by atomic mass is 9.96. The summed E-state index contributed by atoms with van der Waals surface area (Å²) in [5, 5.41) is 0. The lowest BCUT2D eigenvalue weighted by Gasteiger charge is -2.33. The largest absolute Gasteiger partial charge is 0.328 e. The number of benzene rings is 2. The fourth-order valence-electron chi connectivity index (χ4n) is 3.82. The number of halogens is 1. The molecule has 0 bridgehead atoms. The third-order valence-corrected chi connectivity index (χ3v) is 6.40. The van der Waals surface area contributed by atoms with Crippen molar-refractivity contribution in [3.05, 3.63) is 59.4 Å². The highest BCUT2D eigenvalue weighted by Crippen LogP contribution is 2.40. The maximum Gasteiger partial charge on any atom is 0.127 e. The van der Waals surface area contributed by atoms with E-state index in [1.54, 1.807) is 33.7 Å². The lowest BCUT2D eigenvalue weighted by molar-refractivity contribution is -1.02. The molecule has 0 saturated carbocycles. The minimum atomic E-state index is -0.132. The lowest BCUT2D eigenvalue weighted by Crippen LogP contribution is -3.27. The molecule has 1 fully saturated rings. The molecule has 2 aliphatic rings. The number of hydrogen-bond donors (Lipinski definition) is 2. The van der Waals surface area contributed by atoms with Crippen LogP contribution in [-0.4, -0.2) is 33.2 Å². The summed E-state index contributed by atoms with van der Waals surface area (Å²) in [4.78, 5) is 5.65. The highest BCUT2D eigenvalue weighted by Gasteiger charge is 2.33. The zero-order valence-corrected chi connectivity index (χ0v) is 14.3. The second-order valence-corrected chi connectivity index (χ2v) is 7.85. The van der Waals surface area contributed by atoms with Gasteiger partial charge < -0.3 is 9.80 Å². The van der Waals surface area contributed by atoms with E-state index in [1.165, 1.54) is 42.2 Å². The Labute approximate surface area is 141 Å². The van der Waals surface area contributed by atoms with Gasteiger partial charge in [0.05, 0.1) is 7.05 Å². The van der Waals surface area contributed by atoms with Gasteiger partial charge in [-0.3, -0.25) is 0 Å². The molecule has 1 atom stereocenters. The standard InChI is InChI=1S/C19H21FN2S/c1-21-8-10-22(11-9-21)17-12-14-4-2-3-5-18(14)23-19-13-15(20)6-7-16(17)19/h2-7,13,17H,8-12H2,1H3/p+2/t17-/m0/s1. The van der Waals surface area contributed by atoms with Crippen LogP contribution < -0.4 is 9.80 Å². The van der Waals surface area contributed by atoms with E-state index in [9.17, 15) is 4.39 Å². The second-order valence-electron chi connectivity index (χ2n) is 6.76. The normalized spacial score (nSPS) is 27.0. The van der Waals surface area contributed by atoms with Crippen LogP contribution in [0.15, 0.2) is 52.3 Å². The molecule has 4 rings (SSSR count). The molecule has 2 aromatic rings. The van der Waals surface area contributed by atoms with E-state index >= 15 is 0 Å². The smallest absolute Gasteiger partial charge is 0.127 e. The minimum Gasteiger partial charge on any atom is -0.328 e. The van der Waals surface area contributed by atoms with Crippen LogP contribution in [0.3, 0.4) is 0 Å². The van der Waals surface area contributed by atoms with Gasteiger partial charge in [-0.2, -0.15) is 0 Å². The average Bonchev–Trinajstić information content (AvgIpc) is 2.71. The Hall–Kier alpha value is -1.36. The van der Waals surface area contributed by atoms with Gasteiger partial charge in [-0.15, -0.1) is 0 Å². The fraction of sp³-hybridized carbons (Fsp3) is 0.368. The summed E-state index contributed by atoms with van der Waals surface area (Å²) in [5.41, 5.74) is 2.72. The predicted molar refractivity (Wildman–Crippen MR) is 90.7 cm³/mol. The van der Waals surface area contributed by atoms with E-state index in [1.807, 2.05) is 6.07 Å². The summed E-state index contributed by atoms with van der Waals surface area (Å²) in [6.07, 6.45) is 1.05. The van der Waals surface area contributed by atoms with Gasteiger partial charge in [-0.05, 0) is 29.8 Å². The topological polar surface area (TPSA) is 8.88 Å². The first-order chi connectivity index (χ1) is 11.2. The Kier molecular flexibility index (Phi) is 4.14. The van der Waals surface area contributed by atoms with E-state index in [4.69, 9.17) is 0 Å². The first-order valence-electron chi connectivity index (χ1n) is 8.42. The Morgan fingerprint density at radius 1 is 1.00 bits per heavy atom. The van der Waals surface area contributed by atoms with Crippen LogP contribution in [0, 0.1) is 5.82 Å². The number of piperazine rings is 1. The maximum atomic E-state index is 13.8. The Bertz CT molecular complexity index is 710. The molecule has 0 aromatic heterocycles. The van der Waals surface area contributed by atoms with Crippen LogP contribution in [-0.2, 0) is 6.42 Å². The van der Waals surface area contributed by atoms with Crippen LogP contribution in [0.25, 0.3) is 0 Å². The van der Waals surface area contributed by atoms with Crippen molar-refractivity contribution in [2.24, 2.45) is 0 Å². The number of hydrogen-bond acceptors (Lipinski definition) is 1. The van der Waals surface area contributed by atoms with Gasteiger partial charge in [0, 0.05) is 21.8 Å². The molecule has 0 radical (unpaired) electrons. The number of quaternary nitrogens is 2. The van der Waals surface area contributed by atoms with Crippen molar-refractivity contribution in [2.45, 2.75) is 22.3 Å². The molecule has 2 aromatic carbocycles. The number of rotatable bonds is 1. The van der Waals surface area contributed by atoms with Crippen LogP contribution >= 0.6 is 11.8 Å². The van der Waals surface area contributed by atoms with Crippen LogP contribution in [0.5, 0.6) is 0 Å². The highest BCUT2D eigenvalue weighted by atomic mass is 32.2. The van der Waals surface area contributed by atoms with Gasteiger partial charge in [0.1, 0.15) is 38.0 Å². The minimum absolute atomic E-state index is 0.132. The van der Waals surface area contributed by atoms with Crippen molar-refractivity contribution in [1.82, 2.24) is 0 Å². The first-order valence-corrected chi connectivity index (χ1v) is 9.23. The molecule has 0 unspecified atom stereocenters. The van der Waals surface area contributed by atoms with Crippen molar-refractivity contribution < 1.29 is 14.2 Å². The summed E-state index contributed by atoms with van der Waals surface area (Å²) >= 11 is 1.73. The summed E-state index contributed by atoms with van der Waals surface area (Å²) in [6, 6.07) is 14.4. The van der Waals surface area contributed by atoms with Crippen molar-refractivity contribution >= 4 is 11.8 Å². The molecule has 120 valence electrons. The molecule has 23 heavy (non-hydrogen) atoms. The van der Waals surface area contributed by atoms with E-state index in [0.717, 1.165) is 11.3 Å². The van der Waals surface area contributed by atoms with Crippen LogP contribution in [0.1, 0.15) is 17.2 Å². The molecule has 2 nitrogen and oxygen atoms in total. The van der Waals surface area contributed by atoms with E-state index in [2.05, 4.69) is 31.3 Å². The summed E-state index contributed by atoms with van der Waals surface area (Å²) in [5.74, 6) is -0.132. The van der Waals surface area contributed by atoms with E-state index in [0.29, 0.717) is 6.04 Å². The number of nitrogens with one attached hydrogen (secondary N) is 2. The summed E-state index contributed by atoms with van der Waals surface area (Å²) in [7, 11) is 2.28. The second kappa shape index (κ2) is 6.27. The third-order valence-electron chi connectivity index (χ3n) is 5.21. The van der Waals surface area contributed by atoms with Crippen molar-refractivity contribution in [2.75, 3.05) is 33.2 Å². The molecular weight excluding hydrogens is 307 g/mol. The number of likely N-dealkylation sites (N-methyl/N-ethyl adjacent to an activating group) is 1. The molecule has 2 heterocycles. The molecular formula is C19H23FN2S+2. The Morgan fingerprint density at radius 2 is 1.78 bits per heavy atom. The van der Waals surface area contributed by atoms with Gasteiger partial charge in [-0.1, -0.05) is 30.0 Å². The quantitative estimate of drug-likeness (QED) is 0.793. The first kappa shape index (κ1) is 15.2. The van der Waals surface area contributed by atoms with E-state index in [-0.39, 0.29) is 5.82 Å². The van der Waals surface area contributed by atoms with Crippen molar-refractivity contribution in [1.29, 1.82) is 0 Å². The van der Waals surface area contributed by atoms with Gasteiger partial charge in [-0.25, -0.2) is 4.39 Å². The molecule has 2 aliphatic heterocycles.